The number of benzene rings is 1. The van der Waals surface area contributed by atoms with Crippen LogP contribution < -0.4 is 0 Å². The van der Waals surface area contributed by atoms with Crippen LogP contribution in [0.15, 0.2) is 24.3 Å². The van der Waals surface area contributed by atoms with Gasteiger partial charge in [0.05, 0.1) is 0 Å². The van der Waals surface area contributed by atoms with Crippen LogP contribution in [0, 0.1) is 6.92 Å². The summed E-state index contributed by atoms with van der Waals surface area (Å²) in [4.78, 5) is 23.8. The van der Waals surface area contributed by atoms with Gasteiger partial charge in [-0.3, -0.25) is 4.79 Å². The third-order valence-electron chi connectivity index (χ3n) is 2.64. The van der Waals surface area contributed by atoms with Crippen LogP contribution >= 0.6 is 0 Å². The van der Waals surface area contributed by atoms with Crippen LogP contribution in [0.25, 0.3) is 0 Å². The van der Waals surface area contributed by atoms with Crippen LogP contribution in [0.3, 0.4) is 0 Å². The van der Waals surface area contributed by atoms with Gasteiger partial charge in [0.25, 0.3) is 0 Å². The second-order valence-electron chi connectivity index (χ2n) is 4.28. The summed E-state index contributed by atoms with van der Waals surface area (Å²) in [6.07, 6.45) is 0. The number of ether oxygens (including phenoxy) is 1. The number of amides is 1. The van der Waals surface area contributed by atoms with E-state index in [0.29, 0.717) is 13.1 Å². The number of hydrogen-bond acceptors (Lipinski definition) is 3. The summed E-state index contributed by atoms with van der Waals surface area (Å²) in [6.45, 7) is 4.29. The maximum atomic E-state index is 11.9. The number of nitrogens with zero attached hydrogens (tertiary/aromatic N) is 1. The first-order chi connectivity index (χ1) is 9.02. The Hall–Kier alpha value is -1.88. The summed E-state index contributed by atoms with van der Waals surface area (Å²) < 4.78 is 4.81. The summed E-state index contributed by atoms with van der Waals surface area (Å²) in [5, 5.41) is 8.44. The van der Waals surface area contributed by atoms with Gasteiger partial charge >= 0.3 is 5.97 Å². The van der Waals surface area contributed by atoms with E-state index < -0.39 is 12.6 Å². The largest absolute Gasteiger partial charge is 0.480 e. The number of aliphatic carboxylic acids is 1. The van der Waals surface area contributed by atoms with E-state index >= 15 is 0 Å². The lowest BCUT2D eigenvalue weighted by atomic mass is 10.1. The molecule has 0 saturated heterocycles. The molecule has 0 aliphatic rings. The standard InChI is InChI=1S/C14H19NO4/c1-3-15(13(16)9-19-10-14(17)18)8-12-6-4-5-11(2)7-12/h4-7H,3,8-10H2,1-2H3,(H,17,18). The molecular formula is C14H19NO4. The van der Waals surface area contributed by atoms with Crippen LogP contribution in [0.1, 0.15) is 18.1 Å². The van der Waals surface area contributed by atoms with E-state index in [1.54, 1.807) is 4.90 Å². The summed E-state index contributed by atoms with van der Waals surface area (Å²) in [6, 6.07) is 7.93. The minimum absolute atomic E-state index is 0.202. The quantitative estimate of drug-likeness (QED) is 0.810. The number of likely N-dealkylation sites (N-methyl/N-ethyl adjacent to an activating group) is 1. The Balaban J connectivity index is 2.52. The average molecular weight is 265 g/mol. The number of carboxylic acids is 1. The summed E-state index contributed by atoms with van der Waals surface area (Å²) in [5.41, 5.74) is 2.19. The third kappa shape index (κ3) is 5.52. The van der Waals surface area contributed by atoms with Gasteiger partial charge in [-0.2, -0.15) is 0 Å². The highest BCUT2D eigenvalue weighted by Gasteiger charge is 2.13. The Morgan fingerprint density at radius 3 is 2.63 bits per heavy atom. The van der Waals surface area contributed by atoms with Gasteiger partial charge in [0.1, 0.15) is 13.2 Å². The molecule has 1 rings (SSSR count). The molecular weight excluding hydrogens is 246 g/mol. The topological polar surface area (TPSA) is 66.8 Å². The molecule has 1 aromatic rings. The van der Waals surface area contributed by atoms with Crippen molar-refractivity contribution in [3.8, 4) is 0 Å². The van der Waals surface area contributed by atoms with E-state index in [0.717, 1.165) is 11.1 Å². The predicted octanol–water partition coefficient (Wildman–Crippen LogP) is 1.44. The average Bonchev–Trinajstić information content (AvgIpc) is 2.35. The van der Waals surface area contributed by atoms with Crippen LogP contribution in [-0.2, 0) is 20.9 Å². The second-order valence-corrected chi connectivity index (χ2v) is 4.28. The highest BCUT2D eigenvalue weighted by molar-refractivity contribution is 5.78. The SMILES string of the molecule is CCN(Cc1cccc(C)c1)C(=O)COCC(=O)O. The molecule has 0 fully saturated rings. The maximum Gasteiger partial charge on any atom is 0.329 e. The van der Waals surface area contributed by atoms with Crippen LogP contribution in [-0.4, -0.2) is 41.6 Å². The third-order valence-corrected chi connectivity index (χ3v) is 2.64. The summed E-state index contributed by atoms with van der Waals surface area (Å²) in [5.74, 6) is -1.28. The zero-order valence-corrected chi connectivity index (χ0v) is 11.3. The molecule has 1 N–H and O–H groups in total. The zero-order valence-electron chi connectivity index (χ0n) is 11.3. The Morgan fingerprint density at radius 1 is 1.32 bits per heavy atom. The lowest BCUT2D eigenvalue weighted by molar-refractivity contribution is -0.146. The second kappa shape index (κ2) is 7.53. The summed E-state index contributed by atoms with van der Waals surface area (Å²) in [7, 11) is 0. The van der Waals surface area contributed by atoms with Gasteiger partial charge in [0, 0.05) is 13.1 Å². The predicted molar refractivity (Wildman–Crippen MR) is 70.7 cm³/mol. The Labute approximate surface area is 112 Å². The maximum absolute atomic E-state index is 11.9. The normalized spacial score (nSPS) is 10.2. The molecule has 1 amide bonds. The van der Waals surface area contributed by atoms with Crippen molar-refractivity contribution in [1.29, 1.82) is 0 Å². The van der Waals surface area contributed by atoms with Crippen molar-refractivity contribution in [2.45, 2.75) is 20.4 Å². The van der Waals surface area contributed by atoms with Gasteiger partial charge in [-0.15, -0.1) is 0 Å². The number of rotatable bonds is 7. The first-order valence-electron chi connectivity index (χ1n) is 6.15. The number of aryl methyl sites for hydroxylation is 1. The molecule has 0 aliphatic carbocycles. The Bertz CT molecular complexity index is 445. The van der Waals surface area contributed by atoms with Gasteiger partial charge < -0.3 is 14.7 Å². The molecule has 1 aromatic carbocycles. The molecule has 0 saturated carbocycles. The first-order valence-corrected chi connectivity index (χ1v) is 6.15. The van der Waals surface area contributed by atoms with Gasteiger partial charge in [-0.25, -0.2) is 4.79 Å². The van der Waals surface area contributed by atoms with Gasteiger partial charge in [0.2, 0.25) is 5.91 Å². The van der Waals surface area contributed by atoms with E-state index in [-0.39, 0.29) is 12.5 Å². The number of carbonyl (C=O) groups excluding carboxylic acids is 1. The fourth-order valence-electron chi connectivity index (χ4n) is 1.72. The molecule has 0 aliphatic heterocycles. The molecule has 5 heteroatoms. The van der Waals surface area contributed by atoms with Crippen molar-refractivity contribution in [3.05, 3.63) is 35.4 Å². The monoisotopic (exact) mass is 265 g/mol. The van der Waals surface area contributed by atoms with E-state index in [1.165, 1.54) is 0 Å². The molecule has 19 heavy (non-hydrogen) atoms. The van der Waals surface area contributed by atoms with Gasteiger partial charge in [-0.05, 0) is 19.4 Å². The van der Waals surface area contributed by atoms with Crippen molar-refractivity contribution in [1.82, 2.24) is 4.90 Å². The molecule has 5 nitrogen and oxygen atoms in total. The number of carbonyl (C=O) groups is 2. The minimum Gasteiger partial charge on any atom is -0.480 e. The lowest BCUT2D eigenvalue weighted by Gasteiger charge is -2.21. The molecule has 0 aromatic heterocycles. The minimum atomic E-state index is -1.07. The van der Waals surface area contributed by atoms with Crippen molar-refractivity contribution in [2.75, 3.05) is 19.8 Å². The van der Waals surface area contributed by atoms with Gasteiger partial charge in [0.15, 0.2) is 0 Å². The zero-order chi connectivity index (χ0) is 14.3. The van der Waals surface area contributed by atoms with Crippen LogP contribution in [0.5, 0.6) is 0 Å². The molecule has 0 bridgehead atoms. The van der Waals surface area contributed by atoms with E-state index in [2.05, 4.69) is 0 Å². The fourth-order valence-corrected chi connectivity index (χ4v) is 1.72. The number of hydrogen-bond donors (Lipinski definition) is 1. The fraction of sp³-hybridized carbons (Fsp3) is 0.429. The highest BCUT2D eigenvalue weighted by Crippen LogP contribution is 2.08. The Kier molecular flexibility index (Phi) is 6.02. The molecule has 104 valence electrons. The lowest BCUT2D eigenvalue weighted by Crippen LogP contribution is -2.34. The van der Waals surface area contributed by atoms with Crippen molar-refractivity contribution >= 4 is 11.9 Å². The van der Waals surface area contributed by atoms with Gasteiger partial charge in [-0.1, -0.05) is 29.8 Å². The number of carboxylic acid groups (broad SMARTS) is 1. The van der Waals surface area contributed by atoms with Crippen LogP contribution in [0.2, 0.25) is 0 Å². The first kappa shape index (κ1) is 15.2. The smallest absolute Gasteiger partial charge is 0.329 e. The molecule has 0 radical (unpaired) electrons. The van der Waals surface area contributed by atoms with E-state index in [9.17, 15) is 9.59 Å². The van der Waals surface area contributed by atoms with Crippen molar-refractivity contribution in [3.63, 3.8) is 0 Å². The highest BCUT2D eigenvalue weighted by atomic mass is 16.5. The molecule has 0 unspecified atom stereocenters. The van der Waals surface area contributed by atoms with E-state index in [1.807, 2.05) is 38.1 Å². The van der Waals surface area contributed by atoms with Crippen LogP contribution in [0.4, 0.5) is 0 Å². The van der Waals surface area contributed by atoms with Crippen molar-refractivity contribution in [2.24, 2.45) is 0 Å². The van der Waals surface area contributed by atoms with E-state index in [4.69, 9.17) is 9.84 Å². The Morgan fingerprint density at radius 2 is 2.05 bits per heavy atom. The van der Waals surface area contributed by atoms with Crippen molar-refractivity contribution < 1.29 is 19.4 Å². The molecule has 0 heterocycles. The molecule has 0 spiro atoms. The molecule has 0 atom stereocenters. The summed E-state index contributed by atoms with van der Waals surface area (Å²) >= 11 is 0.